The molecule has 0 saturated carbocycles. The molecule has 2 nitrogen and oxygen atoms in total. The predicted octanol–water partition coefficient (Wildman–Crippen LogP) is 4.49. The lowest BCUT2D eigenvalue weighted by Crippen LogP contribution is -1.96. The van der Waals surface area contributed by atoms with Gasteiger partial charge in [-0.05, 0) is 44.0 Å². The molecule has 1 atom stereocenters. The first-order valence-corrected chi connectivity index (χ1v) is 6.85. The van der Waals surface area contributed by atoms with Crippen LogP contribution in [-0.2, 0) is 0 Å². The molecule has 0 spiro atoms. The number of hydrogen-bond acceptors (Lipinski definition) is 2. The van der Waals surface area contributed by atoms with E-state index in [0.29, 0.717) is 0 Å². The third-order valence-electron chi connectivity index (χ3n) is 3.45. The van der Waals surface area contributed by atoms with Crippen LogP contribution in [0.5, 0.6) is 5.75 Å². The lowest BCUT2D eigenvalue weighted by molar-refractivity contribution is 0.414. The lowest BCUT2D eigenvalue weighted by atomic mass is 10.0. The SMILES string of the molecule is COc1ccccc1C=NC(C)c1ccc(C)cc1C. The molecule has 104 valence electrons. The second kappa shape index (κ2) is 6.38. The van der Waals surface area contributed by atoms with Gasteiger partial charge in [0.1, 0.15) is 5.75 Å². The molecule has 2 rings (SSSR count). The van der Waals surface area contributed by atoms with Crippen LogP contribution in [0.4, 0.5) is 0 Å². The van der Waals surface area contributed by atoms with Gasteiger partial charge in [-0.1, -0.05) is 35.9 Å². The molecule has 0 amide bonds. The van der Waals surface area contributed by atoms with E-state index in [0.717, 1.165) is 11.3 Å². The standard InChI is InChI=1S/C18H21NO/c1-13-9-10-17(14(2)11-13)15(3)19-12-16-7-5-6-8-18(16)20-4/h5-12,15H,1-4H3. The Hall–Kier alpha value is -2.09. The average molecular weight is 267 g/mol. The Kier molecular flexibility index (Phi) is 4.57. The summed E-state index contributed by atoms with van der Waals surface area (Å²) in [7, 11) is 1.68. The maximum absolute atomic E-state index is 5.33. The van der Waals surface area contributed by atoms with Crippen molar-refractivity contribution in [3.05, 3.63) is 64.7 Å². The Balaban J connectivity index is 2.22. The van der Waals surface area contributed by atoms with Crippen LogP contribution in [-0.4, -0.2) is 13.3 Å². The molecule has 2 heteroatoms. The summed E-state index contributed by atoms with van der Waals surface area (Å²) in [6.07, 6.45) is 1.89. The van der Waals surface area contributed by atoms with E-state index in [1.165, 1.54) is 16.7 Å². The van der Waals surface area contributed by atoms with Gasteiger partial charge in [-0.15, -0.1) is 0 Å². The average Bonchev–Trinajstić information content (AvgIpc) is 2.45. The van der Waals surface area contributed by atoms with Crippen LogP contribution in [0, 0.1) is 13.8 Å². The number of rotatable bonds is 4. The summed E-state index contributed by atoms with van der Waals surface area (Å²) in [6, 6.07) is 14.5. The Labute approximate surface area is 121 Å². The summed E-state index contributed by atoms with van der Waals surface area (Å²) >= 11 is 0. The first kappa shape index (κ1) is 14.3. The van der Waals surface area contributed by atoms with E-state index < -0.39 is 0 Å². The fraction of sp³-hybridized carbons (Fsp3) is 0.278. The molecule has 0 aromatic heterocycles. The minimum atomic E-state index is 0.139. The number of para-hydroxylation sites is 1. The zero-order valence-electron chi connectivity index (χ0n) is 12.6. The topological polar surface area (TPSA) is 21.6 Å². The molecule has 0 aliphatic heterocycles. The summed E-state index contributed by atoms with van der Waals surface area (Å²) < 4.78 is 5.33. The van der Waals surface area contributed by atoms with Gasteiger partial charge in [-0.25, -0.2) is 0 Å². The highest BCUT2D eigenvalue weighted by Crippen LogP contribution is 2.22. The van der Waals surface area contributed by atoms with Crippen molar-refractivity contribution in [1.29, 1.82) is 0 Å². The van der Waals surface area contributed by atoms with Gasteiger partial charge in [0.2, 0.25) is 0 Å². The number of ether oxygens (including phenoxy) is 1. The van der Waals surface area contributed by atoms with Gasteiger partial charge in [0, 0.05) is 11.8 Å². The highest BCUT2D eigenvalue weighted by atomic mass is 16.5. The molecule has 20 heavy (non-hydrogen) atoms. The van der Waals surface area contributed by atoms with Crippen molar-refractivity contribution in [3.63, 3.8) is 0 Å². The minimum absolute atomic E-state index is 0.139. The molecule has 1 unspecified atom stereocenters. The van der Waals surface area contributed by atoms with Gasteiger partial charge in [0.15, 0.2) is 0 Å². The first-order valence-electron chi connectivity index (χ1n) is 6.85. The highest BCUT2D eigenvalue weighted by Gasteiger charge is 2.06. The van der Waals surface area contributed by atoms with Gasteiger partial charge < -0.3 is 4.74 Å². The van der Waals surface area contributed by atoms with Crippen molar-refractivity contribution in [2.75, 3.05) is 7.11 Å². The van der Waals surface area contributed by atoms with Gasteiger partial charge in [-0.3, -0.25) is 4.99 Å². The van der Waals surface area contributed by atoms with Crippen LogP contribution in [0.25, 0.3) is 0 Å². The predicted molar refractivity (Wildman–Crippen MR) is 84.9 cm³/mol. The summed E-state index contributed by atoms with van der Waals surface area (Å²) in [5, 5.41) is 0. The number of benzene rings is 2. The maximum atomic E-state index is 5.33. The van der Waals surface area contributed by atoms with E-state index in [9.17, 15) is 0 Å². The third kappa shape index (κ3) is 3.27. The van der Waals surface area contributed by atoms with Gasteiger partial charge in [0.05, 0.1) is 13.2 Å². The number of aliphatic imine (C=N–C) groups is 1. The van der Waals surface area contributed by atoms with Crippen LogP contribution in [0.1, 0.15) is 35.2 Å². The van der Waals surface area contributed by atoms with Crippen molar-refractivity contribution in [3.8, 4) is 5.75 Å². The maximum Gasteiger partial charge on any atom is 0.127 e. The van der Waals surface area contributed by atoms with Crippen molar-refractivity contribution in [2.45, 2.75) is 26.8 Å². The van der Waals surface area contributed by atoms with E-state index in [1.807, 2.05) is 30.5 Å². The molecule has 0 aliphatic carbocycles. The Morgan fingerprint density at radius 3 is 2.55 bits per heavy atom. The van der Waals surface area contributed by atoms with Gasteiger partial charge in [-0.2, -0.15) is 0 Å². The van der Waals surface area contributed by atoms with Crippen LogP contribution in [0.3, 0.4) is 0 Å². The zero-order valence-corrected chi connectivity index (χ0v) is 12.6. The molecule has 0 aliphatic rings. The van der Waals surface area contributed by atoms with Crippen LogP contribution in [0.2, 0.25) is 0 Å². The highest BCUT2D eigenvalue weighted by molar-refractivity contribution is 5.83. The summed E-state index contributed by atoms with van der Waals surface area (Å²) in [6.45, 7) is 6.36. The Bertz CT molecular complexity index is 617. The van der Waals surface area contributed by atoms with E-state index in [4.69, 9.17) is 4.74 Å². The second-order valence-electron chi connectivity index (χ2n) is 5.06. The van der Waals surface area contributed by atoms with Crippen LogP contribution in [0.15, 0.2) is 47.5 Å². The molecular weight excluding hydrogens is 246 g/mol. The summed E-state index contributed by atoms with van der Waals surface area (Å²) in [5.74, 6) is 0.851. The largest absolute Gasteiger partial charge is 0.496 e. The van der Waals surface area contributed by atoms with Gasteiger partial charge in [0.25, 0.3) is 0 Å². The lowest BCUT2D eigenvalue weighted by Gasteiger charge is -2.11. The fourth-order valence-corrected chi connectivity index (χ4v) is 2.34. The van der Waals surface area contributed by atoms with Crippen LogP contribution >= 0.6 is 0 Å². The zero-order chi connectivity index (χ0) is 14.5. The molecule has 0 N–H and O–H groups in total. The van der Waals surface area contributed by atoms with E-state index in [-0.39, 0.29) is 6.04 Å². The molecular formula is C18H21NO. The molecule has 0 bridgehead atoms. The minimum Gasteiger partial charge on any atom is -0.496 e. The molecule has 0 heterocycles. The number of aryl methyl sites for hydroxylation is 2. The second-order valence-corrected chi connectivity index (χ2v) is 5.06. The Morgan fingerprint density at radius 1 is 1.10 bits per heavy atom. The fourth-order valence-electron chi connectivity index (χ4n) is 2.34. The third-order valence-corrected chi connectivity index (χ3v) is 3.45. The Morgan fingerprint density at radius 2 is 1.85 bits per heavy atom. The number of nitrogens with zero attached hydrogens (tertiary/aromatic N) is 1. The quantitative estimate of drug-likeness (QED) is 0.748. The van der Waals surface area contributed by atoms with Crippen molar-refractivity contribution in [1.82, 2.24) is 0 Å². The molecule has 0 radical (unpaired) electrons. The van der Waals surface area contributed by atoms with E-state index >= 15 is 0 Å². The van der Waals surface area contributed by atoms with Gasteiger partial charge >= 0.3 is 0 Å². The van der Waals surface area contributed by atoms with Crippen molar-refractivity contribution >= 4 is 6.21 Å². The number of methoxy groups -OCH3 is 1. The van der Waals surface area contributed by atoms with E-state index in [1.54, 1.807) is 7.11 Å². The normalized spacial score (nSPS) is 12.6. The first-order chi connectivity index (χ1) is 9.61. The van der Waals surface area contributed by atoms with E-state index in [2.05, 4.69) is 44.0 Å². The molecule has 2 aromatic carbocycles. The van der Waals surface area contributed by atoms with Crippen molar-refractivity contribution in [2.24, 2.45) is 4.99 Å². The smallest absolute Gasteiger partial charge is 0.127 e. The number of hydrogen-bond donors (Lipinski definition) is 0. The summed E-state index contributed by atoms with van der Waals surface area (Å²) in [4.78, 5) is 4.66. The molecule has 2 aromatic rings. The summed E-state index contributed by atoms with van der Waals surface area (Å²) in [5.41, 5.74) is 4.84. The van der Waals surface area contributed by atoms with Crippen LogP contribution < -0.4 is 4.74 Å². The molecule has 0 fully saturated rings. The van der Waals surface area contributed by atoms with Crippen molar-refractivity contribution < 1.29 is 4.74 Å². The monoisotopic (exact) mass is 267 g/mol. The molecule has 0 saturated heterocycles.